The molecule has 0 fully saturated rings. The lowest BCUT2D eigenvalue weighted by molar-refractivity contribution is -0.304. The Morgan fingerprint density at radius 1 is 1.28 bits per heavy atom. The molecule has 1 aromatic carbocycles. The summed E-state index contributed by atoms with van der Waals surface area (Å²) in [5.74, 6) is -1.09. The number of carboxylic acids is 1. The van der Waals surface area contributed by atoms with Crippen LogP contribution in [0.25, 0.3) is 16.9 Å². The number of aryl methyl sites for hydroxylation is 1. The van der Waals surface area contributed by atoms with E-state index in [1.807, 2.05) is 38.1 Å². The minimum absolute atomic E-state index is 0.496. The van der Waals surface area contributed by atoms with Gasteiger partial charge in [-0.05, 0) is 25.5 Å². The summed E-state index contributed by atoms with van der Waals surface area (Å²) in [6, 6.07) is 7.83. The van der Waals surface area contributed by atoms with Crippen LogP contribution in [0.2, 0.25) is 0 Å². The molecule has 7 nitrogen and oxygen atoms in total. The zero-order chi connectivity index (χ0) is 17.8. The van der Waals surface area contributed by atoms with Gasteiger partial charge < -0.3 is 9.90 Å². The van der Waals surface area contributed by atoms with E-state index >= 15 is 0 Å². The first-order valence-corrected chi connectivity index (χ1v) is 8.99. The quantitative estimate of drug-likeness (QED) is 0.471. The third kappa shape index (κ3) is 3.79. The summed E-state index contributed by atoms with van der Waals surface area (Å²) in [7, 11) is 0. The molecule has 130 valence electrons. The first-order valence-electron chi connectivity index (χ1n) is 8.11. The standard InChI is InChI=1S/C17H19N5O2S/c1-3-4-5-13(17(23)24)25-16-14-15(18-10-19-16)22(21-20-14)12-8-6-11(2)7-9-12/h6-10,13H,3-5H2,1-2H3,(H,23,24)/p-1/t13-/m0/s1. The Morgan fingerprint density at radius 3 is 2.72 bits per heavy atom. The number of fused-ring (bicyclic) bond motifs is 1. The molecule has 0 saturated carbocycles. The molecule has 3 rings (SSSR count). The summed E-state index contributed by atoms with van der Waals surface area (Å²) >= 11 is 1.15. The number of rotatable bonds is 7. The third-order valence-corrected chi connectivity index (χ3v) is 5.05. The fourth-order valence-electron chi connectivity index (χ4n) is 2.42. The predicted octanol–water partition coefficient (Wildman–Crippen LogP) is 1.92. The molecule has 0 aliphatic carbocycles. The molecule has 0 N–H and O–H groups in total. The summed E-state index contributed by atoms with van der Waals surface area (Å²) < 4.78 is 1.63. The molecule has 0 aliphatic rings. The lowest BCUT2D eigenvalue weighted by atomic mass is 10.2. The van der Waals surface area contributed by atoms with Crippen molar-refractivity contribution in [3.8, 4) is 5.69 Å². The Balaban J connectivity index is 1.95. The summed E-state index contributed by atoms with van der Waals surface area (Å²) in [6.07, 6.45) is 3.68. The zero-order valence-electron chi connectivity index (χ0n) is 14.0. The Morgan fingerprint density at radius 2 is 2.04 bits per heavy atom. The van der Waals surface area contributed by atoms with Crippen LogP contribution in [0.5, 0.6) is 0 Å². The number of carbonyl (C=O) groups is 1. The number of thioether (sulfide) groups is 1. The average molecular weight is 356 g/mol. The van der Waals surface area contributed by atoms with E-state index in [4.69, 9.17) is 0 Å². The summed E-state index contributed by atoms with van der Waals surface area (Å²) in [5.41, 5.74) is 3.03. The Hall–Kier alpha value is -2.48. The van der Waals surface area contributed by atoms with Crippen LogP contribution < -0.4 is 5.11 Å². The average Bonchev–Trinajstić information content (AvgIpc) is 3.04. The topological polar surface area (TPSA) is 96.6 Å². The minimum atomic E-state index is -1.09. The number of carboxylic acid groups (broad SMARTS) is 1. The zero-order valence-corrected chi connectivity index (χ0v) is 14.9. The highest BCUT2D eigenvalue weighted by Gasteiger charge is 2.18. The van der Waals surface area contributed by atoms with Gasteiger partial charge in [0.25, 0.3) is 0 Å². The molecule has 0 bridgehead atoms. The SMILES string of the molecule is CCCC[C@H](Sc1ncnc2c1nnn2-c1ccc(C)cc1)C(=O)[O-]. The molecule has 0 aliphatic heterocycles. The van der Waals surface area contributed by atoms with E-state index in [-0.39, 0.29) is 0 Å². The molecule has 25 heavy (non-hydrogen) atoms. The van der Waals surface area contributed by atoms with Crippen LogP contribution >= 0.6 is 11.8 Å². The van der Waals surface area contributed by atoms with Gasteiger partial charge in [0.15, 0.2) is 11.2 Å². The lowest BCUT2D eigenvalue weighted by Crippen LogP contribution is -2.33. The largest absolute Gasteiger partial charge is 0.549 e. The maximum Gasteiger partial charge on any atom is 0.187 e. The van der Waals surface area contributed by atoms with Gasteiger partial charge in [0.2, 0.25) is 0 Å². The Labute approximate surface area is 149 Å². The number of carbonyl (C=O) groups excluding carboxylic acids is 1. The van der Waals surface area contributed by atoms with Crippen molar-refractivity contribution in [2.45, 2.75) is 43.4 Å². The number of aromatic nitrogens is 5. The van der Waals surface area contributed by atoms with Crippen LogP contribution in [-0.2, 0) is 4.79 Å². The van der Waals surface area contributed by atoms with Crippen LogP contribution in [-0.4, -0.2) is 36.2 Å². The summed E-state index contributed by atoms with van der Waals surface area (Å²) in [6.45, 7) is 4.03. The van der Waals surface area contributed by atoms with E-state index in [2.05, 4.69) is 20.3 Å². The summed E-state index contributed by atoms with van der Waals surface area (Å²) in [4.78, 5) is 19.9. The second-order valence-corrected chi connectivity index (χ2v) is 6.95. The van der Waals surface area contributed by atoms with Crippen LogP contribution in [0.3, 0.4) is 0 Å². The fourth-order valence-corrected chi connectivity index (χ4v) is 3.43. The molecule has 0 saturated heterocycles. The molecular formula is C17H18N5O2S-. The van der Waals surface area contributed by atoms with E-state index in [9.17, 15) is 9.90 Å². The van der Waals surface area contributed by atoms with Crippen molar-refractivity contribution in [3.63, 3.8) is 0 Å². The van der Waals surface area contributed by atoms with Crippen molar-refractivity contribution in [1.82, 2.24) is 25.0 Å². The molecule has 2 aromatic heterocycles. The smallest absolute Gasteiger partial charge is 0.187 e. The van der Waals surface area contributed by atoms with E-state index in [0.717, 1.165) is 35.9 Å². The Bertz CT molecular complexity index is 878. The van der Waals surface area contributed by atoms with Crippen molar-refractivity contribution < 1.29 is 9.90 Å². The monoisotopic (exact) mass is 356 g/mol. The Kier molecular flexibility index (Phi) is 5.28. The maximum atomic E-state index is 11.4. The van der Waals surface area contributed by atoms with E-state index in [1.54, 1.807) is 4.68 Å². The van der Waals surface area contributed by atoms with E-state index in [1.165, 1.54) is 6.33 Å². The van der Waals surface area contributed by atoms with Crippen molar-refractivity contribution in [2.24, 2.45) is 0 Å². The van der Waals surface area contributed by atoms with Crippen molar-refractivity contribution in [2.75, 3.05) is 0 Å². The number of benzene rings is 1. The number of aliphatic carboxylic acids is 1. The highest BCUT2D eigenvalue weighted by atomic mass is 32.2. The predicted molar refractivity (Wildman–Crippen MR) is 93.4 cm³/mol. The molecule has 8 heteroatoms. The lowest BCUT2D eigenvalue weighted by Gasteiger charge is -2.16. The highest BCUT2D eigenvalue weighted by molar-refractivity contribution is 8.00. The van der Waals surface area contributed by atoms with Crippen LogP contribution in [0.15, 0.2) is 35.6 Å². The molecule has 3 aromatic rings. The van der Waals surface area contributed by atoms with Crippen LogP contribution in [0, 0.1) is 6.92 Å². The molecular weight excluding hydrogens is 338 g/mol. The van der Waals surface area contributed by atoms with Gasteiger partial charge in [-0.2, -0.15) is 4.68 Å². The van der Waals surface area contributed by atoms with Crippen molar-refractivity contribution >= 4 is 28.9 Å². The van der Waals surface area contributed by atoms with Gasteiger partial charge in [0.05, 0.1) is 16.9 Å². The summed E-state index contributed by atoms with van der Waals surface area (Å²) in [5, 5.41) is 19.6. The maximum absolute atomic E-state index is 11.4. The third-order valence-electron chi connectivity index (χ3n) is 3.82. The number of hydrogen-bond acceptors (Lipinski definition) is 7. The highest BCUT2D eigenvalue weighted by Crippen LogP contribution is 2.29. The van der Waals surface area contributed by atoms with E-state index < -0.39 is 11.2 Å². The van der Waals surface area contributed by atoms with Crippen molar-refractivity contribution in [1.29, 1.82) is 0 Å². The van der Waals surface area contributed by atoms with Gasteiger partial charge in [0.1, 0.15) is 11.4 Å². The first kappa shape index (κ1) is 17.3. The molecule has 0 unspecified atom stereocenters. The van der Waals surface area contributed by atoms with Crippen molar-refractivity contribution in [3.05, 3.63) is 36.2 Å². The number of unbranched alkanes of at least 4 members (excludes halogenated alkanes) is 1. The second kappa shape index (κ2) is 7.60. The molecule has 1 atom stereocenters. The van der Waals surface area contributed by atoms with Gasteiger partial charge in [-0.3, -0.25) is 0 Å². The normalized spacial score (nSPS) is 12.4. The molecule has 2 heterocycles. The van der Waals surface area contributed by atoms with E-state index in [0.29, 0.717) is 22.6 Å². The van der Waals surface area contributed by atoms with Gasteiger partial charge in [0, 0.05) is 0 Å². The number of nitrogens with zero attached hydrogens (tertiary/aromatic N) is 5. The van der Waals surface area contributed by atoms with Crippen LogP contribution in [0.1, 0.15) is 31.7 Å². The molecule has 0 amide bonds. The van der Waals surface area contributed by atoms with Gasteiger partial charge in [-0.1, -0.05) is 54.4 Å². The number of hydrogen-bond donors (Lipinski definition) is 0. The van der Waals surface area contributed by atoms with Crippen LogP contribution in [0.4, 0.5) is 0 Å². The fraction of sp³-hybridized carbons (Fsp3) is 0.353. The first-order chi connectivity index (χ1) is 12.1. The van der Waals surface area contributed by atoms with Gasteiger partial charge >= 0.3 is 0 Å². The molecule has 0 radical (unpaired) electrons. The van der Waals surface area contributed by atoms with Gasteiger partial charge in [-0.15, -0.1) is 5.10 Å². The van der Waals surface area contributed by atoms with Gasteiger partial charge in [-0.25, -0.2) is 9.97 Å². The second-order valence-electron chi connectivity index (χ2n) is 5.76. The minimum Gasteiger partial charge on any atom is -0.549 e. The molecule has 0 spiro atoms.